The zero-order valence-electron chi connectivity index (χ0n) is 18.2. The maximum absolute atomic E-state index is 12.5. The van der Waals surface area contributed by atoms with E-state index in [9.17, 15) is 9.59 Å². The van der Waals surface area contributed by atoms with E-state index in [1.807, 2.05) is 62.4 Å². The average Bonchev–Trinajstić information content (AvgIpc) is 2.79. The van der Waals surface area contributed by atoms with Crippen LogP contribution in [0.5, 0.6) is 5.75 Å². The van der Waals surface area contributed by atoms with Crippen molar-refractivity contribution in [3.05, 3.63) is 94.3 Å². The molecule has 0 radical (unpaired) electrons. The lowest BCUT2D eigenvalue weighted by molar-refractivity contribution is -0.121. The summed E-state index contributed by atoms with van der Waals surface area (Å²) in [6.07, 6.45) is 0. The van der Waals surface area contributed by atoms with Gasteiger partial charge in [0.15, 0.2) is 11.7 Å². The highest BCUT2D eigenvalue weighted by atomic mass is 32.1. The zero-order valence-corrected chi connectivity index (χ0v) is 19.0. The van der Waals surface area contributed by atoms with E-state index in [0.717, 1.165) is 16.5 Å². The third-order valence-corrected chi connectivity index (χ3v) is 5.35. The van der Waals surface area contributed by atoms with Gasteiger partial charge in [0.25, 0.3) is 5.91 Å². The van der Waals surface area contributed by atoms with Crippen molar-refractivity contribution in [3.8, 4) is 16.9 Å². The van der Waals surface area contributed by atoms with Gasteiger partial charge in [-0.3, -0.25) is 10.1 Å². The number of thiocarbonyl (C=S) groups is 1. The molecule has 0 unspecified atom stereocenters. The van der Waals surface area contributed by atoms with Crippen LogP contribution in [0.2, 0.25) is 0 Å². The Labute approximate surface area is 196 Å². The molecule has 0 atom stereocenters. The number of benzene rings is 3. The Balaban J connectivity index is 1.46. The van der Waals surface area contributed by atoms with Crippen LogP contribution in [0.4, 0.5) is 5.69 Å². The second-order valence-electron chi connectivity index (χ2n) is 7.57. The molecule has 4 aromatic rings. The maximum Gasteiger partial charge on any atom is 0.344 e. The van der Waals surface area contributed by atoms with Crippen molar-refractivity contribution in [2.45, 2.75) is 13.8 Å². The molecule has 33 heavy (non-hydrogen) atoms. The lowest BCUT2D eigenvalue weighted by atomic mass is 10.0. The molecule has 0 aliphatic rings. The minimum Gasteiger partial charge on any atom is -0.483 e. The minimum atomic E-state index is -0.423. The van der Waals surface area contributed by atoms with Gasteiger partial charge in [-0.15, -0.1) is 0 Å². The number of amides is 1. The largest absolute Gasteiger partial charge is 0.483 e. The van der Waals surface area contributed by atoms with Crippen molar-refractivity contribution >= 4 is 39.9 Å². The van der Waals surface area contributed by atoms with Crippen LogP contribution in [-0.4, -0.2) is 17.6 Å². The van der Waals surface area contributed by atoms with E-state index >= 15 is 0 Å². The average molecular weight is 459 g/mol. The third kappa shape index (κ3) is 5.27. The highest BCUT2D eigenvalue weighted by Gasteiger charge is 2.12. The number of para-hydroxylation sites is 2. The van der Waals surface area contributed by atoms with Gasteiger partial charge in [-0.2, -0.15) is 0 Å². The monoisotopic (exact) mass is 458 g/mol. The van der Waals surface area contributed by atoms with Gasteiger partial charge in [0.05, 0.1) is 5.56 Å². The van der Waals surface area contributed by atoms with Gasteiger partial charge in [0, 0.05) is 11.1 Å². The predicted molar refractivity (Wildman–Crippen MR) is 134 cm³/mol. The summed E-state index contributed by atoms with van der Waals surface area (Å²) in [5, 5.41) is 6.62. The Kier molecular flexibility index (Phi) is 6.51. The first-order chi connectivity index (χ1) is 15.9. The molecule has 3 aromatic carbocycles. The molecule has 0 aliphatic carbocycles. The van der Waals surface area contributed by atoms with E-state index < -0.39 is 5.63 Å². The fraction of sp³-hybridized carbons (Fsp3) is 0.115. The fourth-order valence-electron chi connectivity index (χ4n) is 3.37. The first-order valence-corrected chi connectivity index (χ1v) is 10.7. The van der Waals surface area contributed by atoms with Gasteiger partial charge in [0.1, 0.15) is 11.3 Å². The summed E-state index contributed by atoms with van der Waals surface area (Å²) in [5.74, 6) is 0.268. The number of hydrogen-bond donors (Lipinski definition) is 2. The molecule has 0 aliphatic heterocycles. The van der Waals surface area contributed by atoms with E-state index in [2.05, 4.69) is 10.6 Å². The zero-order chi connectivity index (χ0) is 23.4. The molecule has 1 amide bonds. The molecule has 0 fully saturated rings. The number of carbonyl (C=O) groups is 1. The van der Waals surface area contributed by atoms with Crippen LogP contribution in [0.3, 0.4) is 0 Å². The molecule has 166 valence electrons. The Hall–Kier alpha value is -3.97. The van der Waals surface area contributed by atoms with E-state index in [4.69, 9.17) is 21.4 Å². The number of anilines is 1. The summed E-state index contributed by atoms with van der Waals surface area (Å²) in [6.45, 7) is 3.65. The van der Waals surface area contributed by atoms with Gasteiger partial charge >= 0.3 is 5.63 Å². The second-order valence-corrected chi connectivity index (χ2v) is 7.98. The van der Waals surface area contributed by atoms with Gasteiger partial charge in [-0.05, 0) is 67.0 Å². The highest BCUT2D eigenvalue weighted by Crippen LogP contribution is 2.26. The molecule has 7 heteroatoms. The Morgan fingerprint density at radius 1 is 0.970 bits per heavy atom. The predicted octanol–water partition coefficient (Wildman–Crippen LogP) is 4.97. The lowest BCUT2D eigenvalue weighted by Crippen LogP contribution is -2.37. The highest BCUT2D eigenvalue weighted by molar-refractivity contribution is 7.80. The minimum absolute atomic E-state index is 0.138. The van der Waals surface area contributed by atoms with Crippen LogP contribution in [0.25, 0.3) is 22.1 Å². The van der Waals surface area contributed by atoms with E-state index in [0.29, 0.717) is 28.1 Å². The first-order valence-electron chi connectivity index (χ1n) is 10.3. The molecule has 1 aromatic heterocycles. The molecular weight excluding hydrogens is 436 g/mol. The van der Waals surface area contributed by atoms with Crippen molar-refractivity contribution in [1.82, 2.24) is 5.32 Å². The van der Waals surface area contributed by atoms with E-state index in [1.54, 1.807) is 24.3 Å². The van der Waals surface area contributed by atoms with Crippen molar-refractivity contribution in [1.29, 1.82) is 0 Å². The van der Waals surface area contributed by atoms with Crippen LogP contribution in [0.15, 0.2) is 82.0 Å². The van der Waals surface area contributed by atoms with Gasteiger partial charge in [-0.1, -0.05) is 48.5 Å². The molecule has 0 saturated heterocycles. The summed E-state index contributed by atoms with van der Waals surface area (Å²) < 4.78 is 11.0. The summed E-state index contributed by atoms with van der Waals surface area (Å²) >= 11 is 5.30. The Morgan fingerprint density at radius 3 is 2.55 bits per heavy atom. The normalized spacial score (nSPS) is 10.6. The number of aryl methyl sites for hydroxylation is 2. The molecule has 4 rings (SSSR count). The second kappa shape index (κ2) is 9.67. The number of fused-ring (bicyclic) bond motifs is 1. The summed E-state index contributed by atoms with van der Waals surface area (Å²) in [7, 11) is 0. The number of ether oxygens (including phenoxy) is 1. The maximum atomic E-state index is 12.5. The quantitative estimate of drug-likeness (QED) is 0.325. The van der Waals surface area contributed by atoms with E-state index in [-0.39, 0.29) is 17.6 Å². The number of rotatable bonds is 5. The summed E-state index contributed by atoms with van der Waals surface area (Å²) in [4.78, 5) is 24.8. The molecule has 0 bridgehead atoms. The van der Waals surface area contributed by atoms with Crippen LogP contribution < -0.4 is 21.0 Å². The van der Waals surface area contributed by atoms with Crippen molar-refractivity contribution in [2.24, 2.45) is 0 Å². The molecule has 6 nitrogen and oxygen atoms in total. The van der Waals surface area contributed by atoms with Crippen LogP contribution in [0, 0.1) is 13.8 Å². The molecule has 2 N–H and O–H groups in total. The SMILES string of the molecule is Cc1ccc(-c2cc3ccccc3oc2=O)cc1NC(=S)NC(=O)COc1ccccc1C. The molecule has 0 spiro atoms. The summed E-state index contributed by atoms with van der Waals surface area (Å²) in [6, 6.07) is 22.1. The lowest BCUT2D eigenvalue weighted by Gasteiger charge is -2.14. The van der Waals surface area contributed by atoms with Crippen molar-refractivity contribution < 1.29 is 13.9 Å². The molecule has 1 heterocycles. The van der Waals surface area contributed by atoms with Gasteiger partial charge < -0.3 is 14.5 Å². The van der Waals surface area contributed by atoms with Crippen molar-refractivity contribution in [2.75, 3.05) is 11.9 Å². The number of nitrogens with one attached hydrogen (secondary N) is 2. The first kappa shape index (κ1) is 22.2. The van der Waals surface area contributed by atoms with Crippen LogP contribution in [-0.2, 0) is 4.79 Å². The Bertz CT molecular complexity index is 1410. The summed E-state index contributed by atoms with van der Waals surface area (Å²) in [5.41, 5.74) is 3.75. The number of hydrogen-bond acceptors (Lipinski definition) is 5. The van der Waals surface area contributed by atoms with Gasteiger partial charge in [-0.25, -0.2) is 4.79 Å². The number of carbonyl (C=O) groups excluding carboxylic acids is 1. The standard InChI is InChI=1S/C26H22N2O4S/c1-16-11-12-18(20-13-19-8-4-6-10-23(19)32-25(20)30)14-21(16)27-26(33)28-24(29)15-31-22-9-5-3-7-17(22)2/h3-14H,15H2,1-2H3,(H2,27,28,29,33). The molecule has 0 saturated carbocycles. The smallest absolute Gasteiger partial charge is 0.344 e. The third-order valence-electron chi connectivity index (χ3n) is 5.14. The van der Waals surface area contributed by atoms with E-state index in [1.165, 1.54) is 0 Å². The topological polar surface area (TPSA) is 80.6 Å². The van der Waals surface area contributed by atoms with Crippen molar-refractivity contribution in [3.63, 3.8) is 0 Å². The van der Waals surface area contributed by atoms with Crippen LogP contribution >= 0.6 is 12.2 Å². The fourth-order valence-corrected chi connectivity index (χ4v) is 3.59. The van der Waals surface area contributed by atoms with Crippen LogP contribution in [0.1, 0.15) is 11.1 Å². The molecular formula is C26H22N2O4S. The Morgan fingerprint density at radius 2 is 1.73 bits per heavy atom. The van der Waals surface area contributed by atoms with Gasteiger partial charge in [0.2, 0.25) is 0 Å².